The van der Waals surface area contributed by atoms with Crippen LogP contribution in [0.2, 0.25) is 0 Å². The van der Waals surface area contributed by atoms with Gasteiger partial charge in [-0.05, 0) is 18.2 Å². The molecule has 1 aliphatic rings. The van der Waals surface area contributed by atoms with Crippen LogP contribution in [0.15, 0.2) is 23.4 Å². The fourth-order valence-electron chi connectivity index (χ4n) is 1.38. The third-order valence-electron chi connectivity index (χ3n) is 2.08. The number of oxime groups is 1. The zero-order valence-electron chi connectivity index (χ0n) is 8.06. The zero-order chi connectivity index (χ0) is 10.8. The van der Waals surface area contributed by atoms with Crippen LogP contribution in [0.3, 0.4) is 0 Å². The summed E-state index contributed by atoms with van der Waals surface area (Å²) in [5, 5.41) is 11.6. The molecule has 0 atom stereocenters. The highest BCUT2D eigenvalue weighted by atomic mass is 16.7. The predicted molar refractivity (Wildman–Crippen MR) is 51.6 cm³/mol. The normalized spacial score (nSPS) is 14.1. The van der Waals surface area contributed by atoms with Gasteiger partial charge in [-0.2, -0.15) is 0 Å². The van der Waals surface area contributed by atoms with Crippen molar-refractivity contribution in [3.63, 3.8) is 0 Å². The lowest BCUT2D eigenvalue weighted by Crippen LogP contribution is -2.11. The Morgan fingerprint density at radius 3 is 2.80 bits per heavy atom. The summed E-state index contributed by atoms with van der Waals surface area (Å²) in [5.74, 6) is 0.867. The van der Waals surface area contributed by atoms with Gasteiger partial charge in [0.15, 0.2) is 23.0 Å². The number of ketones is 1. The molecule has 0 saturated heterocycles. The van der Waals surface area contributed by atoms with Crippen LogP contribution in [0.1, 0.15) is 12.5 Å². The van der Waals surface area contributed by atoms with Crippen molar-refractivity contribution in [2.45, 2.75) is 6.92 Å². The molecule has 5 heteroatoms. The summed E-state index contributed by atoms with van der Waals surface area (Å²) in [4.78, 5) is 11.1. The van der Waals surface area contributed by atoms with Gasteiger partial charge in [-0.3, -0.25) is 4.79 Å². The van der Waals surface area contributed by atoms with Gasteiger partial charge in [0.05, 0.1) is 0 Å². The Morgan fingerprint density at radius 1 is 1.40 bits per heavy atom. The van der Waals surface area contributed by atoms with Crippen LogP contribution in [0.4, 0.5) is 0 Å². The number of carbonyl (C=O) groups excluding carboxylic acids is 1. The van der Waals surface area contributed by atoms with Gasteiger partial charge in [-0.25, -0.2) is 0 Å². The average molecular weight is 207 g/mol. The highest BCUT2D eigenvalue weighted by Crippen LogP contribution is 2.32. The minimum Gasteiger partial charge on any atom is -0.454 e. The molecular weight excluding hydrogens is 198 g/mol. The van der Waals surface area contributed by atoms with E-state index in [1.165, 1.54) is 6.92 Å². The molecule has 2 rings (SSSR count). The van der Waals surface area contributed by atoms with Crippen molar-refractivity contribution in [3.05, 3.63) is 23.8 Å². The Labute approximate surface area is 85.9 Å². The van der Waals surface area contributed by atoms with E-state index in [0.717, 1.165) is 0 Å². The Hall–Kier alpha value is -2.04. The molecule has 0 spiro atoms. The van der Waals surface area contributed by atoms with Crippen molar-refractivity contribution in [1.82, 2.24) is 0 Å². The maximum Gasteiger partial charge on any atom is 0.231 e. The Morgan fingerprint density at radius 2 is 2.13 bits per heavy atom. The maximum atomic E-state index is 11.1. The first-order valence-corrected chi connectivity index (χ1v) is 4.35. The molecule has 0 amide bonds. The van der Waals surface area contributed by atoms with Crippen molar-refractivity contribution in [3.8, 4) is 11.5 Å². The molecule has 1 heterocycles. The van der Waals surface area contributed by atoms with Crippen molar-refractivity contribution in [2.75, 3.05) is 6.79 Å². The van der Waals surface area contributed by atoms with E-state index in [1.54, 1.807) is 18.2 Å². The number of Topliss-reactive ketones (excluding diaryl/α,β-unsaturated/α-hetero) is 1. The fraction of sp³-hybridized carbons (Fsp3) is 0.200. The van der Waals surface area contributed by atoms with Gasteiger partial charge in [0.2, 0.25) is 6.79 Å². The molecule has 0 aliphatic carbocycles. The van der Waals surface area contributed by atoms with Gasteiger partial charge < -0.3 is 14.7 Å². The summed E-state index contributed by atoms with van der Waals surface area (Å²) in [6.07, 6.45) is 0. The number of fused-ring (bicyclic) bond motifs is 1. The quantitative estimate of drug-likeness (QED) is 0.449. The molecule has 0 unspecified atom stereocenters. The average Bonchev–Trinajstić information content (AvgIpc) is 2.65. The second-order valence-electron chi connectivity index (χ2n) is 3.07. The fourth-order valence-corrected chi connectivity index (χ4v) is 1.38. The molecule has 1 aromatic carbocycles. The number of ether oxygens (including phenoxy) is 2. The summed E-state index contributed by atoms with van der Waals surface area (Å²) in [6.45, 7) is 1.50. The number of carbonyl (C=O) groups is 1. The molecular formula is C10H9NO4. The summed E-state index contributed by atoms with van der Waals surface area (Å²) in [7, 11) is 0. The third-order valence-corrected chi connectivity index (χ3v) is 2.08. The van der Waals surface area contributed by atoms with Crippen LogP contribution in [0, 0.1) is 0 Å². The predicted octanol–water partition coefficient (Wildman–Crippen LogP) is 1.18. The summed E-state index contributed by atoms with van der Waals surface area (Å²) >= 11 is 0. The van der Waals surface area contributed by atoms with Crippen molar-refractivity contribution >= 4 is 11.5 Å². The largest absolute Gasteiger partial charge is 0.454 e. The van der Waals surface area contributed by atoms with E-state index in [9.17, 15) is 4.79 Å². The van der Waals surface area contributed by atoms with Crippen LogP contribution < -0.4 is 9.47 Å². The molecule has 0 aromatic heterocycles. The van der Waals surface area contributed by atoms with Gasteiger partial charge in [-0.1, -0.05) is 5.16 Å². The number of rotatable bonds is 2. The molecule has 1 N–H and O–H groups in total. The second-order valence-corrected chi connectivity index (χ2v) is 3.07. The van der Waals surface area contributed by atoms with Crippen molar-refractivity contribution in [2.24, 2.45) is 5.16 Å². The smallest absolute Gasteiger partial charge is 0.231 e. The van der Waals surface area contributed by atoms with Crippen molar-refractivity contribution in [1.29, 1.82) is 0 Å². The molecule has 15 heavy (non-hydrogen) atoms. The third kappa shape index (κ3) is 1.63. The summed E-state index contributed by atoms with van der Waals surface area (Å²) in [5.41, 5.74) is 0.516. The van der Waals surface area contributed by atoms with Crippen LogP contribution in [0.25, 0.3) is 0 Å². The minimum absolute atomic E-state index is 0.00769. The summed E-state index contributed by atoms with van der Waals surface area (Å²) in [6, 6.07) is 4.93. The van der Waals surface area contributed by atoms with Gasteiger partial charge in [0.25, 0.3) is 0 Å². The van der Waals surface area contributed by atoms with Crippen molar-refractivity contribution < 1.29 is 19.5 Å². The second kappa shape index (κ2) is 3.61. The highest BCUT2D eigenvalue weighted by molar-refractivity contribution is 6.45. The summed E-state index contributed by atoms with van der Waals surface area (Å²) < 4.78 is 10.3. The topological polar surface area (TPSA) is 68.1 Å². The van der Waals surface area contributed by atoms with Crippen LogP contribution in [-0.2, 0) is 4.79 Å². The molecule has 0 fully saturated rings. The molecule has 0 radical (unpaired) electrons. The first kappa shape index (κ1) is 9.51. The number of benzene rings is 1. The lowest BCUT2D eigenvalue weighted by Gasteiger charge is -2.01. The Kier molecular flexibility index (Phi) is 2.29. The van der Waals surface area contributed by atoms with E-state index in [0.29, 0.717) is 17.1 Å². The van der Waals surface area contributed by atoms with Gasteiger partial charge in [0, 0.05) is 12.5 Å². The van der Waals surface area contributed by atoms with E-state index in [1.807, 2.05) is 0 Å². The van der Waals surface area contributed by atoms with Crippen LogP contribution in [-0.4, -0.2) is 23.5 Å². The molecule has 78 valence electrons. The van der Waals surface area contributed by atoms with Crippen LogP contribution in [0.5, 0.6) is 11.5 Å². The number of nitrogens with zero attached hydrogens (tertiary/aromatic N) is 1. The Bertz CT molecular complexity index is 439. The van der Waals surface area contributed by atoms with E-state index >= 15 is 0 Å². The van der Waals surface area contributed by atoms with Crippen LogP contribution >= 0.6 is 0 Å². The minimum atomic E-state index is -0.309. The monoisotopic (exact) mass is 207 g/mol. The highest BCUT2D eigenvalue weighted by Gasteiger charge is 2.17. The standard InChI is InChI=1S/C10H9NO4/c1-6(12)10(11-13)7-2-3-8-9(4-7)15-5-14-8/h2-4,13H,5H2,1H3. The molecule has 5 nitrogen and oxygen atoms in total. The number of hydrogen-bond donors (Lipinski definition) is 1. The molecule has 0 bridgehead atoms. The Balaban J connectivity index is 2.42. The van der Waals surface area contributed by atoms with Gasteiger partial charge >= 0.3 is 0 Å². The maximum absolute atomic E-state index is 11.1. The number of hydrogen-bond acceptors (Lipinski definition) is 5. The first-order chi connectivity index (χ1) is 7.22. The molecule has 1 aliphatic heterocycles. The van der Waals surface area contributed by atoms with E-state index in [-0.39, 0.29) is 18.3 Å². The SMILES string of the molecule is CC(=O)C(=NO)c1ccc2c(c1)OCO2. The molecule has 0 saturated carbocycles. The van der Waals surface area contributed by atoms with E-state index in [2.05, 4.69) is 5.16 Å². The zero-order valence-corrected chi connectivity index (χ0v) is 8.06. The van der Waals surface area contributed by atoms with Gasteiger partial charge in [0.1, 0.15) is 0 Å². The van der Waals surface area contributed by atoms with Gasteiger partial charge in [-0.15, -0.1) is 0 Å². The lowest BCUT2D eigenvalue weighted by atomic mass is 10.1. The lowest BCUT2D eigenvalue weighted by molar-refractivity contribution is -0.111. The van der Waals surface area contributed by atoms with E-state index < -0.39 is 0 Å². The van der Waals surface area contributed by atoms with E-state index in [4.69, 9.17) is 14.7 Å². The molecule has 1 aromatic rings. The first-order valence-electron chi connectivity index (χ1n) is 4.35.